The maximum atomic E-state index is 11.3. The molecule has 6 heteroatoms. The summed E-state index contributed by atoms with van der Waals surface area (Å²) in [5.74, 6) is 0.00296. The third-order valence-electron chi connectivity index (χ3n) is 2.00. The van der Waals surface area contributed by atoms with Crippen LogP contribution >= 0.6 is 24.2 Å². The van der Waals surface area contributed by atoms with E-state index in [4.69, 9.17) is 10.5 Å². The van der Waals surface area contributed by atoms with Crippen LogP contribution in [0.3, 0.4) is 0 Å². The van der Waals surface area contributed by atoms with Gasteiger partial charge in [-0.2, -0.15) is 11.8 Å². The van der Waals surface area contributed by atoms with Crippen LogP contribution in [0, 0.1) is 0 Å². The smallest absolute Gasteiger partial charge is 0.222 e. The normalized spacial score (nSPS) is 13.9. The van der Waals surface area contributed by atoms with Crippen molar-refractivity contribution in [1.82, 2.24) is 5.32 Å². The number of nitrogens with two attached hydrogens (primary N) is 1. The van der Waals surface area contributed by atoms with Gasteiger partial charge < -0.3 is 15.8 Å². The summed E-state index contributed by atoms with van der Waals surface area (Å²) in [5, 5.41) is 3.28. The van der Waals surface area contributed by atoms with E-state index in [-0.39, 0.29) is 24.4 Å². The molecule has 0 heterocycles. The minimum atomic E-state index is -0.167. The third kappa shape index (κ3) is 8.99. The van der Waals surface area contributed by atoms with Crippen molar-refractivity contribution in [1.29, 1.82) is 0 Å². The summed E-state index contributed by atoms with van der Waals surface area (Å²) in [5.41, 5.74) is 5.40. The van der Waals surface area contributed by atoms with E-state index in [0.29, 0.717) is 24.8 Å². The molecule has 0 bridgehead atoms. The van der Waals surface area contributed by atoms with Crippen LogP contribution in [-0.4, -0.2) is 43.7 Å². The monoisotopic (exact) mass is 256 g/mol. The van der Waals surface area contributed by atoms with Crippen molar-refractivity contribution in [2.45, 2.75) is 24.7 Å². The predicted octanol–water partition coefficient (Wildman–Crippen LogP) is 0.640. The number of carbonyl (C=O) groups excluding carboxylic acids is 1. The van der Waals surface area contributed by atoms with Gasteiger partial charge in [-0.25, -0.2) is 0 Å². The Balaban J connectivity index is 0. The van der Waals surface area contributed by atoms with E-state index >= 15 is 0 Å². The maximum absolute atomic E-state index is 11.3. The zero-order valence-corrected chi connectivity index (χ0v) is 11.1. The number of carbonyl (C=O) groups is 1. The van der Waals surface area contributed by atoms with Crippen LogP contribution in [0.25, 0.3) is 0 Å². The average molecular weight is 257 g/mol. The van der Waals surface area contributed by atoms with E-state index < -0.39 is 0 Å². The molecule has 15 heavy (non-hydrogen) atoms. The van der Waals surface area contributed by atoms with Gasteiger partial charge in [-0.05, 0) is 6.26 Å². The molecule has 0 aromatic carbocycles. The molecule has 92 valence electrons. The van der Waals surface area contributed by atoms with Crippen LogP contribution in [0.15, 0.2) is 0 Å². The highest BCUT2D eigenvalue weighted by atomic mass is 35.5. The number of ether oxygens (including phenoxy) is 1. The lowest BCUT2D eigenvalue weighted by Crippen LogP contribution is -2.34. The third-order valence-corrected chi connectivity index (χ3v) is 2.97. The summed E-state index contributed by atoms with van der Waals surface area (Å²) < 4.78 is 5.01. The number of amides is 1. The van der Waals surface area contributed by atoms with Gasteiger partial charge in [-0.1, -0.05) is 6.92 Å². The number of thioether (sulfide) groups is 1. The molecule has 0 aromatic rings. The lowest BCUT2D eigenvalue weighted by molar-refractivity contribution is -0.123. The van der Waals surface area contributed by atoms with E-state index in [1.165, 1.54) is 0 Å². The molecule has 0 saturated carbocycles. The van der Waals surface area contributed by atoms with Crippen LogP contribution in [0.1, 0.15) is 13.3 Å². The highest BCUT2D eigenvalue weighted by molar-refractivity contribution is 7.99. The zero-order valence-electron chi connectivity index (χ0n) is 9.49. The quantitative estimate of drug-likeness (QED) is 0.702. The van der Waals surface area contributed by atoms with Gasteiger partial charge in [0.05, 0.1) is 12.5 Å². The fourth-order valence-corrected chi connectivity index (χ4v) is 1.13. The largest absolute Gasteiger partial charge is 0.380 e. The molecular weight excluding hydrogens is 236 g/mol. The Morgan fingerprint density at radius 1 is 1.60 bits per heavy atom. The van der Waals surface area contributed by atoms with E-state index in [1.54, 1.807) is 18.9 Å². The Bertz CT molecular complexity index is 168. The molecule has 0 radical (unpaired) electrons. The molecule has 2 atom stereocenters. The van der Waals surface area contributed by atoms with Crippen molar-refractivity contribution in [3.05, 3.63) is 0 Å². The summed E-state index contributed by atoms with van der Waals surface area (Å²) in [7, 11) is 1.56. The lowest BCUT2D eigenvalue weighted by atomic mass is 10.2. The predicted molar refractivity (Wildman–Crippen MR) is 67.7 cm³/mol. The number of rotatable bonds is 7. The summed E-state index contributed by atoms with van der Waals surface area (Å²) in [6.07, 6.45) is 2.20. The van der Waals surface area contributed by atoms with Gasteiger partial charge >= 0.3 is 0 Å². The molecule has 0 aromatic heterocycles. The van der Waals surface area contributed by atoms with Gasteiger partial charge in [0.2, 0.25) is 5.91 Å². The Kier molecular flexibility index (Phi) is 12.2. The Hall–Kier alpha value is 0.0300. The van der Waals surface area contributed by atoms with E-state index in [0.717, 1.165) is 0 Å². The second-order valence-electron chi connectivity index (χ2n) is 3.15. The SMILES string of the molecule is COC(CN)CC(=O)NCC(C)SC.Cl. The Labute approximate surface area is 102 Å². The van der Waals surface area contributed by atoms with Crippen molar-refractivity contribution < 1.29 is 9.53 Å². The first-order valence-electron chi connectivity index (χ1n) is 4.66. The zero-order chi connectivity index (χ0) is 11.0. The van der Waals surface area contributed by atoms with Crippen molar-refractivity contribution >= 4 is 30.1 Å². The lowest BCUT2D eigenvalue weighted by Gasteiger charge is -2.14. The molecule has 0 spiro atoms. The van der Waals surface area contributed by atoms with Gasteiger partial charge in [0.25, 0.3) is 0 Å². The highest BCUT2D eigenvalue weighted by Crippen LogP contribution is 2.03. The molecule has 0 aliphatic rings. The fourth-order valence-electron chi connectivity index (χ4n) is 0.883. The van der Waals surface area contributed by atoms with Gasteiger partial charge in [0.1, 0.15) is 0 Å². The second-order valence-corrected chi connectivity index (χ2v) is 4.42. The standard InChI is InChI=1S/C9H20N2O2S.ClH/c1-7(14-3)6-11-9(12)4-8(5-10)13-2;/h7-8H,4-6,10H2,1-3H3,(H,11,12);1H. The van der Waals surface area contributed by atoms with Crippen molar-refractivity contribution in [3.63, 3.8) is 0 Å². The fraction of sp³-hybridized carbons (Fsp3) is 0.889. The number of hydrogen-bond donors (Lipinski definition) is 2. The number of halogens is 1. The molecule has 0 aliphatic heterocycles. The molecule has 0 fully saturated rings. The minimum Gasteiger partial charge on any atom is -0.380 e. The van der Waals surface area contributed by atoms with Crippen molar-refractivity contribution in [2.24, 2.45) is 5.73 Å². The first kappa shape index (κ1) is 17.4. The van der Waals surface area contributed by atoms with Crippen LogP contribution in [0.5, 0.6) is 0 Å². The van der Waals surface area contributed by atoms with Crippen LogP contribution in [-0.2, 0) is 9.53 Å². The summed E-state index contributed by atoms with van der Waals surface area (Å²) in [4.78, 5) is 11.3. The highest BCUT2D eigenvalue weighted by Gasteiger charge is 2.11. The molecule has 2 unspecified atom stereocenters. The first-order chi connectivity index (χ1) is 6.63. The molecule has 0 aliphatic carbocycles. The molecule has 1 amide bonds. The maximum Gasteiger partial charge on any atom is 0.222 e. The summed E-state index contributed by atoms with van der Waals surface area (Å²) >= 11 is 1.73. The second kappa shape index (κ2) is 10.5. The van der Waals surface area contributed by atoms with Gasteiger partial charge in [0, 0.05) is 25.4 Å². The Morgan fingerprint density at radius 2 is 2.20 bits per heavy atom. The molecule has 3 N–H and O–H groups in total. The molecule has 0 rings (SSSR count). The molecular formula is C9H21ClN2O2S. The van der Waals surface area contributed by atoms with E-state index in [1.807, 2.05) is 6.26 Å². The summed E-state index contributed by atoms with van der Waals surface area (Å²) in [6, 6.07) is 0. The van der Waals surface area contributed by atoms with Crippen LogP contribution < -0.4 is 11.1 Å². The van der Waals surface area contributed by atoms with Crippen LogP contribution in [0.4, 0.5) is 0 Å². The number of hydrogen-bond acceptors (Lipinski definition) is 4. The van der Waals surface area contributed by atoms with Crippen molar-refractivity contribution in [3.8, 4) is 0 Å². The first-order valence-corrected chi connectivity index (χ1v) is 5.95. The molecule has 0 saturated heterocycles. The van der Waals surface area contributed by atoms with E-state index in [2.05, 4.69) is 12.2 Å². The van der Waals surface area contributed by atoms with Gasteiger partial charge in [-0.3, -0.25) is 4.79 Å². The summed E-state index contributed by atoms with van der Waals surface area (Å²) in [6.45, 7) is 3.14. The van der Waals surface area contributed by atoms with E-state index in [9.17, 15) is 4.79 Å². The van der Waals surface area contributed by atoms with Crippen molar-refractivity contribution in [2.75, 3.05) is 26.5 Å². The topological polar surface area (TPSA) is 64.3 Å². The average Bonchev–Trinajstić information content (AvgIpc) is 2.22. The van der Waals surface area contributed by atoms with Gasteiger partial charge in [-0.15, -0.1) is 12.4 Å². The number of methoxy groups -OCH3 is 1. The van der Waals surface area contributed by atoms with Gasteiger partial charge in [0.15, 0.2) is 0 Å². The number of nitrogens with one attached hydrogen (secondary N) is 1. The molecule has 4 nitrogen and oxygen atoms in total. The Morgan fingerprint density at radius 3 is 2.60 bits per heavy atom. The minimum absolute atomic E-state index is 0. The van der Waals surface area contributed by atoms with Crippen LogP contribution in [0.2, 0.25) is 0 Å².